The van der Waals surface area contributed by atoms with Crippen molar-refractivity contribution in [3.8, 4) is 0 Å². The highest BCUT2D eigenvalue weighted by Crippen LogP contribution is 2.27. The zero-order chi connectivity index (χ0) is 12.6. The molecule has 17 heavy (non-hydrogen) atoms. The van der Waals surface area contributed by atoms with Gasteiger partial charge >= 0.3 is 5.97 Å². The van der Waals surface area contributed by atoms with Gasteiger partial charge in [0.05, 0.1) is 23.3 Å². The lowest BCUT2D eigenvalue weighted by Crippen LogP contribution is -2.25. The summed E-state index contributed by atoms with van der Waals surface area (Å²) in [5.74, 6) is -0.522. The van der Waals surface area contributed by atoms with Crippen molar-refractivity contribution in [1.82, 2.24) is 15.0 Å². The molecule has 0 bridgehead atoms. The molecule has 0 saturated heterocycles. The van der Waals surface area contributed by atoms with Crippen molar-refractivity contribution in [2.75, 3.05) is 0 Å². The molecule has 2 atom stereocenters. The first-order chi connectivity index (χ1) is 8.00. The molecule has 2 rings (SSSR count). The summed E-state index contributed by atoms with van der Waals surface area (Å²) in [5, 5.41) is 17.5. The van der Waals surface area contributed by atoms with Gasteiger partial charge in [0.15, 0.2) is 0 Å². The average molecular weight is 237 g/mol. The maximum absolute atomic E-state index is 11.1. The standard InChI is InChI=1S/C12H19N3O2/c1-7(2)8(3)15-11-6-9(12(16)17)4-5-10(11)13-14-15/h7-9H,4-6H2,1-3H3,(H,16,17)/t8-,9+/m0/s1. The lowest BCUT2D eigenvalue weighted by molar-refractivity contribution is -0.142. The third kappa shape index (κ3) is 2.18. The van der Waals surface area contributed by atoms with E-state index in [-0.39, 0.29) is 12.0 Å². The number of aromatic nitrogens is 3. The van der Waals surface area contributed by atoms with Crippen LogP contribution in [0.3, 0.4) is 0 Å². The number of aryl methyl sites for hydroxylation is 1. The Morgan fingerprint density at radius 3 is 2.76 bits per heavy atom. The van der Waals surface area contributed by atoms with Crippen LogP contribution in [0.5, 0.6) is 0 Å². The molecule has 1 N–H and O–H groups in total. The number of hydrogen-bond donors (Lipinski definition) is 1. The van der Waals surface area contributed by atoms with Crippen molar-refractivity contribution < 1.29 is 9.90 Å². The summed E-state index contributed by atoms with van der Waals surface area (Å²) >= 11 is 0. The summed E-state index contributed by atoms with van der Waals surface area (Å²) in [6, 6.07) is 0.263. The number of hydrogen-bond acceptors (Lipinski definition) is 3. The van der Waals surface area contributed by atoms with Crippen molar-refractivity contribution in [3.63, 3.8) is 0 Å². The molecule has 0 saturated carbocycles. The molecule has 1 aliphatic rings. The molecule has 0 aromatic carbocycles. The van der Waals surface area contributed by atoms with E-state index in [0.717, 1.165) is 17.8 Å². The quantitative estimate of drug-likeness (QED) is 0.868. The van der Waals surface area contributed by atoms with Crippen LogP contribution < -0.4 is 0 Å². The van der Waals surface area contributed by atoms with Crippen LogP contribution in [-0.2, 0) is 17.6 Å². The fourth-order valence-corrected chi connectivity index (χ4v) is 2.22. The van der Waals surface area contributed by atoms with E-state index in [4.69, 9.17) is 5.11 Å². The molecule has 0 amide bonds. The monoisotopic (exact) mass is 237 g/mol. The highest BCUT2D eigenvalue weighted by atomic mass is 16.4. The van der Waals surface area contributed by atoms with Gasteiger partial charge in [-0.15, -0.1) is 5.10 Å². The molecule has 0 fully saturated rings. The van der Waals surface area contributed by atoms with Gasteiger partial charge in [0, 0.05) is 6.42 Å². The second-order valence-electron chi connectivity index (χ2n) is 5.19. The van der Waals surface area contributed by atoms with Crippen molar-refractivity contribution in [3.05, 3.63) is 11.4 Å². The Kier molecular flexibility index (Phi) is 3.17. The second-order valence-corrected chi connectivity index (χ2v) is 5.19. The van der Waals surface area contributed by atoms with Gasteiger partial charge in [-0.25, -0.2) is 4.68 Å². The van der Waals surface area contributed by atoms with E-state index >= 15 is 0 Å². The SMILES string of the molecule is CC(C)[C@H](C)n1nnc2c1C[C@H](C(=O)O)CC2. The first kappa shape index (κ1) is 12.1. The van der Waals surface area contributed by atoms with Crippen LogP contribution in [0.1, 0.15) is 44.6 Å². The van der Waals surface area contributed by atoms with Crippen LogP contribution in [0.25, 0.3) is 0 Å². The summed E-state index contributed by atoms with van der Waals surface area (Å²) in [6.07, 6.45) is 1.98. The van der Waals surface area contributed by atoms with Crippen LogP contribution in [0.4, 0.5) is 0 Å². The number of nitrogens with zero attached hydrogens (tertiary/aromatic N) is 3. The minimum absolute atomic E-state index is 0.263. The molecule has 0 aliphatic heterocycles. The van der Waals surface area contributed by atoms with Crippen molar-refractivity contribution in [2.24, 2.45) is 11.8 Å². The zero-order valence-corrected chi connectivity index (χ0v) is 10.6. The molecular formula is C12H19N3O2. The van der Waals surface area contributed by atoms with Gasteiger partial charge in [0.2, 0.25) is 0 Å². The van der Waals surface area contributed by atoms with E-state index in [1.807, 2.05) is 4.68 Å². The van der Waals surface area contributed by atoms with Crippen LogP contribution in [0, 0.1) is 11.8 Å². The molecule has 0 radical (unpaired) electrons. The van der Waals surface area contributed by atoms with E-state index in [9.17, 15) is 4.79 Å². The minimum atomic E-state index is -0.708. The molecule has 5 nitrogen and oxygen atoms in total. The predicted octanol–water partition coefficient (Wildman–Crippen LogP) is 1.68. The van der Waals surface area contributed by atoms with Gasteiger partial charge < -0.3 is 5.11 Å². The Labute approximate surface area is 101 Å². The summed E-state index contributed by atoms with van der Waals surface area (Å²) in [5.41, 5.74) is 2.00. The van der Waals surface area contributed by atoms with Gasteiger partial charge in [0.25, 0.3) is 0 Å². The van der Waals surface area contributed by atoms with Gasteiger partial charge in [0.1, 0.15) is 0 Å². The van der Waals surface area contributed by atoms with E-state index in [0.29, 0.717) is 18.8 Å². The maximum Gasteiger partial charge on any atom is 0.306 e. The van der Waals surface area contributed by atoms with Gasteiger partial charge in [-0.1, -0.05) is 19.1 Å². The molecular weight excluding hydrogens is 218 g/mol. The van der Waals surface area contributed by atoms with Crippen LogP contribution >= 0.6 is 0 Å². The Bertz CT molecular complexity index is 425. The average Bonchev–Trinajstić information content (AvgIpc) is 2.70. The van der Waals surface area contributed by atoms with Crippen molar-refractivity contribution in [2.45, 2.75) is 46.1 Å². The summed E-state index contributed by atoms with van der Waals surface area (Å²) < 4.78 is 1.91. The molecule has 5 heteroatoms. The van der Waals surface area contributed by atoms with E-state index in [1.165, 1.54) is 0 Å². The summed E-state index contributed by atoms with van der Waals surface area (Å²) in [4.78, 5) is 11.1. The number of carbonyl (C=O) groups is 1. The van der Waals surface area contributed by atoms with Crippen molar-refractivity contribution >= 4 is 5.97 Å². The number of fused-ring (bicyclic) bond motifs is 1. The number of rotatable bonds is 3. The third-order valence-electron chi connectivity index (χ3n) is 3.74. The summed E-state index contributed by atoms with van der Waals surface area (Å²) in [7, 11) is 0. The normalized spacial score (nSPS) is 21.3. The minimum Gasteiger partial charge on any atom is -0.481 e. The van der Waals surface area contributed by atoms with E-state index in [2.05, 4.69) is 31.1 Å². The number of aliphatic carboxylic acids is 1. The Morgan fingerprint density at radius 2 is 2.18 bits per heavy atom. The van der Waals surface area contributed by atoms with E-state index < -0.39 is 5.97 Å². The van der Waals surface area contributed by atoms with Gasteiger partial charge in [-0.3, -0.25) is 4.79 Å². The zero-order valence-electron chi connectivity index (χ0n) is 10.6. The largest absolute Gasteiger partial charge is 0.481 e. The first-order valence-corrected chi connectivity index (χ1v) is 6.16. The maximum atomic E-state index is 11.1. The fourth-order valence-electron chi connectivity index (χ4n) is 2.22. The van der Waals surface area contributed by atoms with Crippen molar-refractivity contribution in [1.29, 1.82) is 0 Å². The highest BCUT2D eigenvalue weighted by molar-refractivity contribution is 5.70. The van der Waals surface area contributed by atoms with Crippen LogP contribution in [0.2, 0.25) is 0 Å². The first-order valence-electron chi connectivity index (χ1n) is 6.16. The van der Waals surface area contributed by atoms with Crippen LogP contribution in [-0.4, -0.2) is 26.1 Å². The fraction of sp³-hybridized carbons (Fsp3) is 0.750. The molecule has 0 spiro atoms. The Morgan fingerprint density at radius 1 is 1.47 bits per heavy atom. The lowest BCUT2D eigenvalue weighted by atomic mass is 9.89. The molecule has 94 valence electrons. The van der Waals surface area contributed by atoms with Gasteiger partial charge in [-0.2, -0.15) is 0 Å². The molecule has 1 aromatic rings. The molecule has 1 aliphatic carbocycles. The highest BCUT2D eigenvalue weighted by Gasteiger charge is 2.29. The summed E-state index contributed by atoms with van der Waals surface area (Å²) in [6.45, 7) is 6.37. The third-order valence-corrected chi connectivity index (χ3v) is 3.74. The topological polar surface area (TPSA) is 68.0 Å². The van der Waals surface area contributed by atoms with Gasteiger partial charge in [-0.05, 0) is 25.7 Å². The second kappa shape index (κ2) is 4.47. The molecule has 1 aromatic heterocycles. The Balaban J connectivity index is 2.28. The molecule has 0 unspecified atom stereocenters. The smallest absolute Gasteiger partial charge is 0.306 e. The number of carboxylic acid groups (broad SMARTS) is 1. The lowest BCUT2D eigenvalue weighted by Gasteiger charge is -2.22. The van der Waals surface area contributed by atoms with Crippen LogP contribution in [0.15, 0.2) is 0 Å². The predicted molar refractivity (Wildman–Crippen MR) is 62.7 cm³/mol. The Hall–Kier alpha value is -1.39. The molecule has 1 heterocycles. The number of carboxylic acids is 1. The van der Waals surface area contributed by atoms with E-state index in [1.54, 1.807) is 0 Å².